The molecular formula is C17H28N2O. The first kappa shape index (κ1) is 15.3. The molecule has 0 aromatic heterocycles. The standard InChI is InChI=1S/C17H28N2O/c1-4-14(2)15(3)18-17-7-5-16(6-8-17)13-19-9-11-20-12-10-19/h5-8,14-15,18H,4,9-13H2,1-3H3. The summed E-state index contributed by atoms with van der Waals surface area (Å²) < 4.78 is 5.38. The molecule has 1 fully saturated rings. The van der Waals surface area contributed by atoms with Gasteiger partial charge in [-0.05, 0) is 30.5 Å². The van der Waals surface area contributed by atoms with Gasteiger partial charge in [-0.15, -0.1) is 0 Å². The summed E-state index contributed by atoms with van der Waals surface area (Å²) in [6, 6.07) is 9.40. The Morgan fingerprint density at radius 1 is 1.15 bits per heavy atom. The fraction of sp³-hybridized carbons (Fsp3) is 0.647. The lowest BCUT2D eigenvalue weighted by molar-refractivity contribution is 0.0342. The minimum atomic E-state index is 0.519. The third-order valence-corrected chi connectivity index (χ3v) is 4.36. The van der Waals surface area contributed by atoms with Crippen LogP contribution in [0.2, 0.25) is 0 Å². The van der Waals surface area contributed by atoms with Crippen LogP contribution in [0, 0.1) is 5.92 Å². The molecule has 3 nitrogen and oxygen atoms in total. The molecule has 1 aliphatic heterocycles. The summed E-state index contributed by atoms with van der Waals surface area (Å²) in [5.74, 6) is 0.697. The van der Waals surface area contributed by atoms with Gasteiger partial charge in [0, 0.05) is 31.4 Å². The summed E-state index contributed by atoms with van der Waals surface area (Å²) in [6.45, 7) is 11.7. The fourth-order valence-electron chi connectivity index (χ4n) is 2.48. The lowest BCUT2D eigenvalue weighted by Crippen LogP contribution is -2.35. The largest absolute Gasteiger partial charge is 0.382 e. The second-order valence-electron chi connectivity index (χ2n) is 5.90. The molecular weight excluding hydrogens is 248 g/mol. The molecule has 2 rings (SSSR count). The summed E-state index contributed by atoms with van der Waals surface area (Å²) in [7, 11) is 0. The molecule has 1 saturated heterocycles. The Bertz CT molecular complexity index is 361. The Morgan fingerprint density at radius 2 is 1.80 bits per heavy atom. The Labute approximate surface area is 123 Å². The van der Waals surface area contributed by atoms with E-state index in [0.717, 1.165) is 32.8 Å². The highest BCUT2D eigenvalue weighted by atomic mass is 16.5. The predicted molar refractivity (Wildman–Crippen MR) is 85.1 cm³/mol. The molecule has 0 radical (unpaired) electrons. The molecule has 0 saturated carbocycles. The Hall–Kier alpha value is -1.06. The van der Waals surface area contributed by atoms with Gasteiger partial charge in [-0.1, -0.05) is 32.4 Å². The topological polar surface area (TPSA) is 24.5 Å². The van der Waals surface area contributed by atoms with Crippen LogP contribution in [-0.4, -0.2) is 37.2 Å². The van der Waals surface area contributed by atoms with Crippen LogP contribution in [0.3, 0.4) is 0 Å². The van der Waals surface area contributed by atoms with E-state index in [-0.39, 0.29) is 0 Å². The maximum absolute atomic E-state index is 5.38. The van der Waals surface area contributed by atoms with E-state index in [2.05, 4.69) is 55.3 Å². The van der Waals surface area contributed by atoms with Crippen molar-refractivity contribution >= 4 is 5.69 Å². The van der Waals surface area contributed by atoms with E-state index in [1.54, 1.807) is 0 Å². The van der Waals surface area contributed by atoms with Crippen molar-refractivity contribution < 1.29 is 4.74 Å². The molecule has 0 aliphatic carbocycles. The molecule has 1 aromatic carbocycles. The van der Waals surface area contributed by atoms with Gasteiger partial charge in [0.25, 0.3) is 0 Å². The van der Waals surface area contributed by atoms with Crippen LogP contribution in [0.25, 0.3) is 0 Å². The van der Waals surface area contributed by atoms with Crippen LogP contribution in [0.1, 0.15) is 32.8 Å². The molecule has 2 atom stereocenters. The van der Waals surface area contributed by atoms with E-state index < -0.39 is 0 Å². The number of hydrogen-bond donors (Lipinski definition) is 1. The summed E-state index contributed by atoms with van der Waals surface area (Å²) in [6.07, 6.45) is 1.21. The van der Waals surface area contributed by atoms with Gasteiger partial charge in [0.1, 0.15) is 0 Å². The van der Waals surface area contributed by atoms with E-state index in [1.165, 1.54) is 17.7 Å². The molecule has 112 valence electrons. The van der Waals surface area contributed by atoms with Gasteiger partial charge >= 0.3 is 0 Å². The predicted octanol–water partition coefficient (Wildman–Crippen LogP) is 3.37. The minimum absolute atomic E-state index is 0.519. The second kappa shape index (κ2) is 7.65. The molecule has 2 unspecified atom stereocenters. The van der Waals surface area contributed by atoms with Gasteiger partial charge in [0.2, 0.25) is 0 Å². The van der Waals surface area contributed by atoms with Crippen molar-refractivity contribution in [3.63, 3.8) is 0 Å². The summed E-state index contributed by atoms with van der Waals surface area (Å²) >= 11 is 0. The zero-order chi connectivity index (χ0) is 14.4. The molecule has 3 heteroatoms. The van der Waals surface area contributed by atoms with Crippen LogP contribution in [0.15, 0.2) is 24.3 Å². The number of morpholine rings is 1. The van der Waals surface area contributed by atoms with Gasteiger partial charge in [0.15, 0.2) is 0 Å². The van der Waals surface area contributed by atoms with Crippen LogP contribution >= 0.6 is 0 Å². The first-order valence-electron chi connectivity index (χ1n) is 7.84. The number of nitrogens with zero attached hydrogens (tertiary/aromatic N) is 1. The van der Waals surface area contributed by atoms with Gasteiger partial charge in [-0.25, -0.2) is 0 Å². The Balaban J connectivity index is 1.85. The number of anilines is 1. The monoisotopic (exact) mass is 276 g/mol. The van der Waals surface area contributed by atoms with Crippen LogP contribution in [0.5, 0.6) is 0 Å². The second-order valence-corrected chi connectivity index (χ2v) is 5.90. The van der Waals surface area contributed by atoms with E-state index in [4.69, 9.17) is 4.74 Å². The highest BCUT2D eigenvalue weighted by molar-refractivity contribution is 5.45. The van der Waals surface area contributed by atoms with E-state index in [1.807, 2.05) is 0 Å². The third-order valence-electron chi connectivity index (χ3n) is 4.36. The summed E-state index contributed by atoms with van der Waals surface area (Å²) in [4.78, 5) is 2.45. The first-order valence-corrected chi connectivity index (χ1v) is 7.84. The quantitative estimate of drug-likeness (QED) is 0.862. The normalized spacial score (nSPS) is 19.6. The highest BCUT2D eigenvalue weighted by Gasteiger charge is 2.11. The van der Waals surface area contributed by atoms with Gasteiger partial charge in [-0.3, -0.25) is 4.90 Å². The lowest BCUT2D eigenvalue weighted by atomic mass is 10.0. The smallest absolute Gasteiger partial charge is 0.0594 e. The lowest BCUT2D eigenvalue weighted by Gasteiger charge is -2.26. The molecule has 1 aromatic rings. The fourth-order valence-corrected chi connectivity index (χ4v) is 2.48. The van der Waals surface area contributed by atoms with Crippen molar-refractivity contribution in [1.82, 2.24) is 4.90 Å². The molecule has 20 heavy (non-hydrogen) atoms. The molecule has 1 heterocycles. The minimum Gasteiger partial charge on any atom is -0.382 e. The van der Waals surface area contributed by atoms with Crippen molar-refractivity contribution in [2.24, 2.45) is 5.92 Å². The third kappa shape index (κ3) is 4.50. The molecule has 0 amide bonds. The number of ether oxygens (including phenoxy) is 1. The van der Waals surface area contributed by atoms with Crippen LogP contribution in [0.4, 0.5) is 5.69 Å². The zero-order valence-electron chi connectivity index (χ0n) is 13.1. The zero-order valence-corrected chi connectivity index (χ0v) is 13.1. The van der Waals surface area contributed by atoms with E-state index in [9.17, 15) is 0 Å². The van der Waals surface area contributed by atoms with Crippen molar-refractivity contribution in [1.29, 1.82) is 0 Å². The maximum Gasteiger partial charge on any atom is 0.0594 e. The van der Waals surface area contributed by atoms with Crippen molar-refractivity contribution in [2.75, 3.05) is 31.6 Å². The average molecular weight is 276 g/mol. The maximum atomic E-state index is 5.38. The summed E-state index contributed by atoms with van der Waals surface area (Å²) in [5, 5.41) is 3.59. The number of benzene rings is 1. The number of nitrogens with one attached hydrogen (secondary N) is 1. The van der Waals surface area contributed by atoms with E-state index >= 15 is 0 Å². The SMILES string of the molecule is CCC(C)C(C)Nc1ccc(CN2CCOCC2)cc1. The molecule has 0 spiro atoms. The molecule has 1 N–H and O–H groups in total. The van der Waals surface area contributed by atoms with Crippen LogP contribution < -0.4 is 5.32 Å². The first-order chi connectivity index (χ1) is 9.69. The van der Waals surface area contributed by atoms with Gasteiger partial charge in [-0.2, -0.15) is 0 Å². The van der Waals surface area contributed by atoms with Crippen molar-refractivity contribution in [3.8, 4) is 0 Å². The number of rotatable bonds is 6. The highest BCUT2D eigenvalue weighted by Crippen LogP contribution is 2.16. The Morgan fingerprint density at radius 3 is 2.40 bits per heavy atom. The Kier molecular flexibility index (Phi) is 5.86. The van der Waals surface area contributed by atoms with Gasteiger partial charge < -0.3 is 10.1 Å². The summed E-state index contributed by atoms with van der Waals surface area (Å²) in [5.41, 5.74) is 2.61. The number of hydrogen-bond acceptors (Lipinski definition) is 3. The average Bonchev–Trinajstić information content (AvgIpc) is 2.49. The van der Waals surface area contributed by atoms with Gasteiger partial charge in [0.05, 0.1) is 13.2 Å². The van der Waals surface area contributed by atoms with Crippen molar-refractivity contribution in [2.45, 2.75) is 39.8 Å². The molecule has 0 bridgehead atoms. The van der Waals surface area contributed by atoms with Crippen LogP contribution in [-0.2, 0) is 11.3 Å². The van der Waals surface area contributed by atoms with E-state index in [0.29, 0.717) is 12.0 Å². The van der Waals surface area contributed by atoms with Crippen molar-refractivity contribution in [3.05, 3.63) is 29.8 Å². The molecule has 1 aliphatic rings.